The van der Waals surface area contributed by atoms with E-state index in [1.54, 1.807) is 23.8 Å². The molecule has 1 heterocycles. The van der Waals surface area contributed by atoms with Gasteiger partial charge in [0.2, 0.25) is 0 Å². The number of aromatic nitrogens is 1. The minimum Gasteiger partial charge on any atom is -0.478 e. The molecule has 100 valence electrons. The predicted molar refractivity (Wildman–Crippen MR) is 70.7 cm³/mol. The zero-order chi connectivity index (χ0) is 14.2. The molecular weight excluding hydrogens is 246 g/mol. The molecular formula is C14H15NO4. The van der Waals surface area contributed by atoms with Crippen molar-refractivity contribution in [3.05, 3.63) is 35.0 Å². The van der Waals surface area contributed by atoms with E-state index in [-0.39, 0.29) is 18.0 Å². The van der Waals surface area contributed by atoms with Gasteiger partial charge in [-0.25, -0.2) is 4.79 Å². The Morgan fingerprint density at radius 2 is 1.95 bits per heavy atom. The third-order valence-corrected chi connectivity index (χ3v) is 3.18. The molecule has 0 bridgehead atoms. The molecule has 2 N–H and O–H groups in total. The van der Waals surface area contributed by atoms with E-state index in [1.165, 1.54) is 13.0 Å². The molecule has 1 aromatic heterocycles. The van der Waals surface area contributed by atoms with Gasteiger partial charge in [0.25, 0.3) is 0 Å². The number of ketones is 1. The number of rotatable bonds is 4. The van der Waals surface area contributed by atoms with Crippen LogP contribution in [-0.4, -0.2) is 33.1 Å². The Morgan fingerprint density at radius 3 is 2.47 bits per heavy atom. The van der Waals surface area contributed by atoms with E-state index < -0.39 is 5.97 Å². The second kappa shape index (κ2) is 4.85. The Morgan fingerprint density at radius 1 is 1.26 bits per heavy atom. The van der Waals surface area contributed by atoms with Crippen LogP contribution in [0.15, 0.2) is 18.3 Å². The van der Waals surface area contributed by atoms with Gasteiger partial charge in [-0.1, -0.05) is 0 Å². The monoisotopic (exact) mass is 261 g/mol. The lowest BCUT2D eigenvalue weighted by molar-refractivity contribution is 0.0696. The van der Waals surface area contributed by atoms with Crippen molar-refractivity contribution in [1.82, 2.24) is 4.57 Å². The molecule has 2 aromatic rings. The SMILES string of the molecule is CC(=O)c1cn(CCO)c2cc(C)c(C(=O)O)cc12. The van der Waals surface area contributed by atoms with Crippen LogP contribution in [0.2, 0.25) is 0 Å². The van der Waals surface area contributed by atoms with Gasteiger partial charge in [0.15, 0.2) is 5.78 Å². The van der Waals surface area contributed by atoms with Gasteiger partial charge in [0, 0.05) is 29.2 Å². The molecule has 0 unspecified atom stereocenters. The minimum absolute atomic E-state index is 0.0408. The summed E-state index contributed by atoms with van der Waals surface area (Å²) in [7, 11) is 0. The number of carbonyl (C=O) groups is 2. The molecule has 0 aliphatic carbocycles. The van der Waals surface area contributed by atoms with Crippen LogP contribution in [0.3, 0.4) is 0 Å². The van der Waals surface area contributed by atoms with E-state index in [9.17, 15) is 9.59 Å². The summed E-state index contributed by atoms with van der Waals surface area (Å²) in [6.45, 7) is 3.49. The van der Waals surface area contributed by atoms with Crippen molar-refractivity contribution in [1.29, 1.82) is 0 Å². The normalized spacial score (nSPS) is 10.9. The van der Waals surface area contributed by atoms with E-state index in [2.05, 4.69) is 0 Å². The highest BCUT2D eigenvalue weighted by atomic mass is 16.4. The largest absolute Gasteiger partial charge is 0.478 e. The van der Waals surface area contributed by atoms with Crippen LogP contribution >= 0.6 is 0 Å². The summed E-state index contributed by atoms with van der Waals surface area (Å²) in [5.74, 6) is -1.13. The number of benzene rings is 1. The Bertz CT molecular complexity index is 670. The van der Waals surface area contributed by atoms with Crippen LogP contribution in [0.5, 0.6) is 0 Å². The molecule has 0 spiro atoms. The van der Waals surface area contributed by atoms with Crippen LogP contribution < -0.4 is 0 Å². The van der Waals surface area contributed by atoms with E-state index in [0.717, 1.165) is 5.52 Å². The molecule has 5 nitrogen and oxygen atoms in total. The van der Waals surface area contributed by atoms with E-state index in [1.807, 2.05) is 0 Å². The molecule has 19 heavy (non-hydrogen) atoms. The highest BCUT2D eigenvalue weighted by molar-refractivity contribution is 6.09. The van der Waals surface area contributed by atoms with Gasteiger partial charge in [0.05, 0.1) is 12.2 Å². The van der Waals surface area contributed by atoms with Crippen LogP contribution in [-0.2, 0) is 6.54 Å². The first-order valence-corrected chi connectivity index (χ1v) is 5.94. The van der Waals surface area contributed by atoms with E-state index in [0.29, 0.717) is 23.1 Å². The van der Waals surface area contributed by atoms with Crippen molar-refractivity contribution >= 4 is 22.7 Å². The maximum Gasteiger partial charge on any atom is 0.335 e. The number of carboxylic acid groups (broad SMARTS) is 1. The number of nitrogens with zero attached hydrogens (tertiary/aromatic N) is 1. The minimum atomic E-state index is -1.01. The molecule has 0 atom stereocenters. The highest BCUT2D eigenvalue weighted by Crippen LogP contribution is 2.26. The summed E-state index contributed by atoms with van der Waals surface area (Å²) in [4.78, 5) is 22.8. The predicted octanol–water partition coefficient (Wildman–Crippen LogP) is 1.84. The summed E-state index contributed by atoms with van der Waals surface area (Å²) >= 11 is 0. The maximum absolute atomic E-state index is 11.6. The number of hydrogen-bond donors (Lipinski definition) is 2. The lowest BCUT2D eigenvalue weighted by atomic mass is 10.0. The molecule has 0 amide bonds. The summed E-state index contributed by atoms with van der Waals surface area (Å²) in [5.41, 5.74) is 2.07. The van der Waals surface area contributed by atoms with Crippen molar-refractivity contribution in [3.8, 4) is 0 Å². The lowest BCUT2D eigenvalue weighted by Gasteiger charge is -2.05. The molecule has 1 aromatic carbocycles. The number of Topliss-reactive ketones (excluding diaryl/α,β-unsaturated/α-hetero) is 1. The third-order valence-electron chi connectivity index (χ3n) is 3.18. The fraction of sp³-hybridized carbons (Fsp3) is 0.286. The molecule has 0 fully saturated rings. The molecule has 5 heteroatoms. The number of carboxylic acids is 1. The molecule has 0 saturated carbocycles. The number of aliphatic hydroxyl groups excluding tert-OH is 1. The summed E-state index contributed by atoms with van der Waals surface area (Å²) in [6.07, 6.45) is 1.66. The van der Waals surface area contributed by atoms with Gasteiger partial charge in [-0.2, -0.15) is 0 Å². The highest BCUT2D eigenvalue weighted by Gasteiger charge is 2.16. The summed E-state index contributed by atoms with van der Waals surface area (Å²) < 4.78 is 1.77. The van der Waals surface area contributed by atoms with Gasteiger partial charge in [-0.15, -0.1) is 0 Å². The maximum atomic E-state index is 11.6. The quantitative estimate of drug-likeness (QED) is 0.823. The summed E-state index contributed by atoms with van der Waals surface area (Å²) in [5, 5.41) is 18.8. The first-order valence-electron chi connectivity index (χ1n) is 5.94. The second-order valence-electron chi connectivity index (χ2n) is 4.51. The molecule has 2 rings (SSSR count). The first-order chi connectivity index (χ1) is 8.95. The van der Waals surface area contributed by atoms with Crippen LogP contribution in [0.1, 0.15) is 33.2 Å². The smallest absolute Gasteiger partial charge is 0.335 e. The number of aryl methyl sites for hydroxylation is 1. The Kier molecular flexibility index (Phi) is 3.40. The third kappa shape index (κ3) is 2.24. The van der Waals surface area contributed by atoms with Crippen LogP contribution in [0, 0.1) is 6.92 Å². The number of hydrogen-bond acceptors (Lipinski definition) is 3. The van der Waals surface area contributed by atoms with Gasteiger partial charge in [0.1, 0.15) is 0 Å². The fourth-order valence-corrected chi connectivity index (χ4v) is 2.24. The topological polar surface area (TPSA) is 79.5 Å². The van der Waals surface area contributed by atoms with Crippen molar-refractivity contribution in [2.24, 2.45) is 0 Å². The fourth-order valence-electron chi connectivity index (χ4n) is 2.24. The Hall–Kier alpha value is -2.14. The van der Waals surface area contributed by atoms with Crippen LogP contribution in [0.4, 0.5) is 0 Å². The van der Waals surface area contributed by atoms with Crippen molar-refractivity contribution in [2.45, 2.75) is 20.4 Å². The zero-order valence-electron chi connectivity index (χ0n) is 10.8. The van der Waals surface area contributed by atoms with E-state index >= 15 is 0 Å². The van der Waals surface area contributed by atoms with Gasteiger partial charge in [-0.3, -0.25) is 4.79 Å². The van der Waals surface area contributed by atoms with Gasteiger partial charge >= 0.3 is 5.97 Å². The number of aliphatic hydroxyl groups is 1. The van der Waals surface area contributed by atoms with E-state index in [4.69, 9.17) is 10.2 Å². The van der Waals surface area contributed by atoms with Crippen molar-refractivity contribution in [2.75, 3.05) is 6.61 Å². The Balaban J connectivity index is 2.79. The first kappa shape index (κ1) is 13.3. The van der Waals surface area contributed by atoms with Crippen LogP contribution in [0.25, 0.3) is 10.9 Å². The van der Waals surface area contributed by atoms with Crippen molar-refractivity contribution in [3.63, 3.8) is 0 Å². The average Bonchev–Trinajstić information content (AvgIpc) is 2.67. The number of carbonyl (C=O) groups excluding carboxylic acids is 1. The molecule has 0 aliphatic rings. The molecule has 0 aliphatic heterocycles. The average molecular weight is 261 g/mol. The second-order valence-corrected chi connectivity index (χ2v) is 4.51. The molecule has 0 saturated heterocycles. The Labute approximate surface area is 110 Å². The standard InChI is InChI=1S/C14H15NO4/c1-8-5-13-11(6-10(8)14(18)19)12(9(2)17)7-15(13)3-4-16/h5-7,16H,3-4H2,1-2H3,(H,18,19). The van der Waals surface area contributed by atoms with Crippen molar-refractivity contribution < 1.29 is 19.8 Å². The van der Waals surface area contributed by atoms with Gasteiger partial charge < -0.3 is 14.8 Å². The summed E-state index contributed by atoms with van der Waals surface area (Å²) in [6, 6.07) is 3.26. The molecule has 0 radical (unpaired) electrons. The number of aromatic carboxylic acids is 1. The zero-order valence-corrected chi connectivity index (χ0v) is 10.8. The van der Waals surface area contributed by atoms with Gasteiger partial charge in [-0.05, 0) is 31.5 Å². The lowest BCUT2D eigenvalue weighted by Crippen LogP contribution is -2.02. The number of fused-ring (bicyclic) bond motifs is 1.